The maximum atomic E-state index is 11.8. The van der Waals surface area contributed by atoms with Crippen LogP contribution in [0.4, 0.5) is 0 Å². The van der Waals surface area contributed by atoms with Crippen molar-refractivity contribution >= 4 is 5.91 Å². The molecule has 18 heavy (non-hydrogen) atoms. The molecule has 1 amide bonds. The first-order valence-electron chi connectivity index (χ1n) is 6.93. The molecule has 0 saturated carbocycles. The van der Waals surface area contributed by atoms with E-state index in [2.05, 4.69) is 34.9 Å². The quantitative estimate of drug-likeness (QED) is 0.847. The third-order valence-electron chi connectivity index (χ3n) is 4.11. The van der Waals surface area contributed by atoms with Gasteiger partial charge < -0.3 is 10.6 Å². The van der Waals surface area contributed by atoms with E-state index in [1.165, 1.54) is 11.1 Å². The molecule has 96 valence electrons. The van der Waals surface area contributed by atoms with Gasteiger partial charge in [-0.1, -0.05) is 24.3 Å². The molecule has 2 aliphatic rings. The fourth-order valence-corrected chi connectivity index (χ4v) is 2.96. The molecule has 2 atom stereocenters. The second-order valence-corrected chi connectivity index (χ2v) is 5.35. The average molecular weight is 244 g/mol. The molecule has 1 heterocycles. The topological polar surface area (TPSA) is 41.1 Å². The molecular weight excluding hydrogens is 224 g/mol. The van der Waals surface area contributed by atoms with Crippen LogP contribution >= 0.6 is 0 Å². The first-order chi connectivity index (χ1) is 8.84. The SMILES string of the molecule is O=C1NCCCCC1NCC1Cc2ccccc21. The molecule has 3 rings (SSSR count). The molecule has 1 aliphatic heterocycles. The third-order valence-corrected chi connectivity index (χ3v) is 4.11. The minimum Gasteiger partial charge on any atom is -0.355 e. The lowest BCUT2D eigenvalue weighted by molar-refractivity contribution is -0.122. The van der Waals surface area contributed by atoms with Gasteiger partial charge in [0.1, 0.15) is 0 Å². The van der Waals surface area contributed by atoms with Crippen LogP contribution in [0.3, 0.4) is 0 Å². The van der Waals surface area contributed by atoms with Gasteiger partial charge in [-0.05, 0) is 36.8 Å². The first kappa shape index (κ1) is 11.7. The zero-order valence-corrected chi connectivity index (χ0v) is 10.6. The summed E-state index contributed by atoms with van der Waals surface area (Å²) in [7, 11) is 0. The third kappa shape index (κ3) is 2.27. The van der Waals surface area contributed by atoms with Crippen LogP contribution in [0.25, 0.3) is 0 Å². The molecule has 0 spiro atoms. The van der Waals surface area contributed by atoms with Gasteiger partial charge in [0, 0.05) is 19.0 Å². The van der Waals surface area contributed by atoms with E-state index in [-0.39, 0.29) is 11.9 Å². The first-order valence-corrected chi connectivity index (χ1v) is 6.93. The normalized spacial score (nSPS) is 26.8. The van der Waals surface area contributed by atoms with E-state index in [0.717, 1.165) is 38.8 Å². The molecule has 2 unspecified atom stereocenters. The number of amides is 1. The Morgan fingerprint density at radius 2 is 2.17 bits per heavy atom. The number of carbonyl (C=O) groups excluding carboxylic acids is 1. The van der Waals surface area contributed by atoms with E-state index in [9.17, 15) is 4.79 Å². The van der Waals surface area contributed by atoms with E-state index < -0.39 is 0 Å². The predicted molar refractivity (Wildman–Crippen MR) is 71.5 cm³/mol. The second-order valence-electron chi connectivity index (χ2n) is 5.35. The maximum absolute atomic E-state index is 11.8. The number of carbonyl (C=O) groups is 1. The summed E-state index contributed by atoms with van der Waals surface area (Å²) >= 11 is 0. The van der Waals surface area contributed by atoms with Crippen LogP contribution in [-0.4, -0.2) is 25.0 Å². The van der Waals surface area contributed by atoms with Crippen molar-refractivity contribution in [3.8, 4) is 0 Å². The number of nitrogens with one attached hydrogen (secondary N) is 2. The van der Waals surface area contributed by atoms with Gasteiger partial charge >= 0.3 is 0 Å². The van der Waals surface area contributed by atoms with Crippen LogP contribution in [0.5, 0.6) is 0 Å². The van der Waals surface area contributed by atoms with Gasteiger partial charge in [-0.3, -0.25) is 4.79 Å². The van der Waals surface area contributed by atoms with E-state index >= 15 is 0 Å². The highest BCUT2D eigenvalue weighted by Gasteiger charge is 2.27. The van der Waals surface area contributed by atoms with Crippen LogP contribution in [0.15, 0.2) is 24.3 Å². The molecule has 1 aliphatic carbocycles. The Hall–Kier alpha value is -1.35. The lowest BCUT2D eigenvalue weighted by Gasteiger charge is -2.31. The zero-order valence-electron chi connectivity index (χ0n) is 10.6. The molecule has 0 aromatic heterocycles. The molecule has 1 aromatic carbocycles. The summed E-state index contributed by atoms with van der Waals surface area (Å²) in [5, 5.41) is 6.41. The van der Waals surface area contributed by atoms with Gasteiger partial charge in [-0.2, -0.15) is 0 Å². The Labute approximate surface area is 108 Å². The van der Waals surface area contributed by atoms with Gasteiger partial charge in [0.25, 0.3) is 0 Å². The minimum atomic E-state index is 0.0141. The van der Waals surface area contributed by atoms with E-state index in [1.54, 1.807) is 0 Å². The molecule has 3 heteroatoms. The molecule has 1 fully saturated rings. The lowest BCUT2D eigenvalue weighted by atomic mass is 9.77. The molecule has 1 aromatic rings. The molecule has 0 bridgehead atoms. The highest BCUT2D eigenvalue weighted by atomic mass is 16.2. The highest BCUT2D eigenvalue weighted by Crippen LogP contribution is 2.34. The van der Waals surface area contributed by atoms with Gasteiger partial charge in [-0.25, -0.2) is 0 Å². The number of rotatable bonds is 3. The van der Waals surface area contributed by atoms with Gasteiger partial charge in [0.2, 0.25) is 5.91 Å². The summed E-state index contributed by atoms with van der Waals surface area (Å²) in [5.74, 6) is 0.775. The van der Waals surface area contributed by atoms with Crippen molar-refractivity contribution in [3.05, 3.63) is 35.4 Å². The molecule has 1 saturated heterocycles. The Bertz CT molecular complexity index is 444. The highest BCUT2D eigenvalue weighted by molar-refractivity contribution is 5.81. The molecule has 0 radical (unpaired) electrons. The molecule has 3 nitrogen and oxygen atoms in total. The van der Waals surface area contributed by atoms with Crippen molar-refractivity contribution in [3.63, 3.8) is 0 Å². The van der Waals surface area contributed by atoms with Crippen molar-refractivity contribution in [2.24, 2.45) is 0 Å². The number of hydrogen-bond donors (Lipinski definition) is 2. The van der Waals surface area contributed by atoms with Crippen molar-refractivity contribution in [1.82, 2.24) is 10.6 Å². The molecule has 2 N–H and O–H groups in total. The number of fused-ring (bicyclic) bond motifs is 1. The van der Waals surface area contributed by atoms with Crippen LogP contribution in [0.2, 0.25) is 0 Å². The second kappa shape index (κ2) is 5.11. The fraction of sp³-hybridized carbons (Fsp3) is 0.533. The van der Waals surface area contributed by atoms with Gasteiger partial charge in [0.05, 0.1) is 6.04 Å². The van der Waals surface area contributed by atoms with Crippen molar-refractivity contribution in [2.45, 2.75) is 37.6 Å². The van der Waals surface area contributed by atoms with Gasteiger partial charge in [0.15, 0.2) is 0 Å². The van der Waals surface area contributed by atoms with Crippen LogP contribution in [0.1, 0.15) is 36.3 Å². The Kier molecular flexibility index (Phi) is 3.33. The fourth-order valence-electron chi connectivity index (χ4n) is 2.96. The monoisotopic (exact) mass is 244 g/mol. The smallest absolute Gasteiger partial charge is 0.237 e. The summed E-state index contributed by atoms with van der Waals surface area (Å²) in [4.78, 5) is 11.8. The molecular formula is C15H20N2O. The van der Waals surface area contributed by atoms with E-state index in [4.69, 9.17) is 0 Å². The zero-order chi connectivity index (χ0) is 12.4. The van der Waals surface area contributed by atoms with E-state index in [1.807, 2.05) is 0 Å². The number of hydrogen-bond acceptors (Lipinski definition) is 2. The lowest BCUT2D eigenvalue weighted by Crippen LogP contribution is -2.45. The Morgan fingerprint density at radius 1 is 1.28 bits per heavy atom. The van der Waals surface area contributed by atoms with Gasteiger partial charge in [-0.15, -0.1) is 0 Å². The summed E-state index contributed by atoms with van der Waals surface area (Å²) in [6.07, 6.45) is 4.37. The van der Waals surface area contributed by atoms with Crippen molar-refractivity contribution in [2.75, 3.05) is 13.1 Å². The Morgan fingerprint density at radius 3 is 3.06 bits per heavy atom. The summed E-state index contributed by atoms with van der Waals surface area (Å²) in [6, 6.07) is 8.62. The van der Waals surface area contributed by atoms with Crippen molar-refractivity contribution in [1.29, 1.82) is 0 Å². The number of benzene rings is 1. The maximum Gasteiger partial charge on any atom is 0.237 e. The standard InChI is InChI=1S/C15H20N2O/c18-15-14(7-3-4-8-16-15)17-10-12-9-11-5-1-2-6-13(11)12/h1-2,5-6,12,14,17H,3-4,7-10H2,(H,16,18). The summed E-state index contributed by atoms with van der Waals surface area (Å²) in [6.45, 7) is 1.76. The largest absolute Gasteiger partial charge is 0.355 e. The van der Waals surface area contributed by atoms with Crippen molar-refractivity contribution < 1.29 is 4.79 Å². The predicted octanol–water partition coefficient (Wildman–Crippen LogP) is 1.58. The summed E-state index contributed by atoms with van der Waals surface area (Å²) in [5.41, 5.74) is 2.92. The van der Waals surface area contributed by atoms with Crippen LogP contribution < -0.4 is 10.6 Å². The average Bonchev–Trinajstić information content (AvgIpc) is 2.56. The van der Waals surface area contributed by atoms with E-state index in [0.29, 0.717) is 5.92 Å². The summed E-state index contributed by atoms with van der Waals surface area (Å²) < 4.78 is 0. The Balaban J connectivity index is 1.55. The minimum absolute atomic E-state index is 0.0141. The van der Waals surface area contributed by atoms with Crippen LogP contribution in [0, 0.1) is 0 Å². The van der Waals surface area contributed by atoms with Crippen LogP contribution in [-0.2, 0) is 11.2 Å².